The summed E-state index contributed by atoms with van der Waals surface area (Å²) in [5.74, 6) is 1.11. The maximum absolute atomic E-state index is 14.0. The Balaban J connectivity index is 1.38. The molecule has 0 radical (unpaired) electrons. The van der Waals surface area contributed by atoms with E-state index in [4.69, 9.17) is 9.84 Å². The van der Waals surface area contributed by atoms with Crippen LogP contribution in [0.25, 0.3) is 22.4 Å². The van der Waals surface area contributed by atoms with Crippen molar-refractivity contribution < 1.29 is 19.4 Å². The van der Waals surface area contributed by atoms with E-state index in [1.54, 1.807) is 12.4 Å². The van der Waals surface area contributed by atoms with E-state index < -0.39 is 8.32 Å². The Kier molecular flexibility index (Phi) is 10.1. The van der Waals surface area contributed by atoms with Crippen LogP contribution >= 0.6 is 0 Å². The van der Waals surface area contributed by atoms with E-state index in [2.05, 4.69) is 50.9 Å². The van der Waals surface area contributed by atoms with E-state index in [0.29, 0.717) is 44.3 Å². The number of carbonyl (C=O) groups is 1. The molecule has 2 aromatic heterocycles. The molecule has 0 fully saturated rings. The fourth-order valence-corrected chi connectivity index (χ4v) is 6.85. The van der Waals surface area contributed by atoms with Crippen LogP contribution in [0.3, 0.4) is 0 Å². The molecule has 5 rings (SSSR count). The Bertz CT molecular complexity index is 1640. The highest BCUT2D eigenvalue weighted by molar-refractivity contribution is 6.72. The molecule has 1 amide bonds. The van der Waals surface area contributed by atoms with Crippen LogP contribution in [-0.4, -0.2) is 63.5 Å². The number of fused-ring (bicyclic) bond motifs is 1. The van der Waals surface area contributed by atoms with E-state index in [0.717, 1.165) is 52.1 Å². The van der Waals surface area contributed by atoms with Crippen molar-refractivity contribution in [2.45, 2.75) is 84.2 Å². The Morgan fingerprint density at radius 1 is 1.00 bits per heavy atom. The monoisotopic (exact) mass is 640 g/mol. The lowest BCUT2D eigenvalue weighted by Crippen LogP contribution is -2.42. The van der Waals surface area contributed by atoms with Crippen LogP contribution in [0.15, 0.2) is 67.0 Å². The molecule has 244 valence electrons. The zero-order valence-corrected chi connectivity index (χ0v) is 29.1. The van der Waals surface area contributed by atoms with Gasteiger partial charge >= 0.3 is 0 Å². The zero-order valence-electron chi connectivity index (χ0n) is 28.1. The molecule has 9 heteroatoms. The van der Waals surface area contributed by atoms with Gasteiger partial charge in [0.05, 0.1) is 6.54 Å². The number of hydrogen-bond acceptors (Lipinski definition) is 6. The summed E-state index contributed by atoms with van der Waals surface area (Å²) in [6.45, 7) is 15.0. The zero-order chi connectivity index (χ0) is 33.1. The molecule has 0 saturated heterocycles. The van der Waals surface area contributed by atoms with Crippen LogP contribution in [0.2, 0.25) is 18.1 Å². The number of hydrogen-bond donors (Lipinski definition) is 2. The highest BCUT2D eigenvalue weighted by Gasteiger charge is 2.38. The number of carbonyl (C=O) groups excluding carboxylic acids is 1. The lowest BCUT2D eigenvalue weighted by atomic mass is 9.94. The molecule has 0 bridgehead atoms. The van der Waals surface area contributed by atoms with Crippen molar-refractivity contribution in [2.75, 3.05) is 19.7 Å². The summed E-state index contributed by atoms with van der Waals surface area (Å²) < 4.78 is 8.03. The number of pyridine rings is 1. The highest BCUT2D eigenvalue weighted by atomic mass is 28.4. The number of rotatable bonds is 13. The predicted molar refractivity (Wildman–Crippen MR) is 185 cm³/mol. The Morgan fingerprint density at radius 3 is 2.37 bits per heavy atom. The van der Waals surface area contributed by atoms with E-state index in [-0.39, 0.29) is 17.6 Å². The molecule has 0 atom stereocenters. The third kappa shape index (κ3) is 7.27. The quantitative estimate of drug-likeness (QED) is 0.152. The minimum absolute atomic E-state index is 0.0174. The number of aliphatic hydroxyl groups is 1. The first kappa shape index (κ1) is 33.6. The van der Waals surface area contributed by atoms with Gasteiger partial charge in [0.25, 0.3) is 5.91 Å². The summed E-state index contributed by atoms with van der Waals surface area (Å²) in [6, 6.07) is 18.1. The van der Waals surface area contributed by atoms with Crippen molar-refractivity contribution in [1.29, 1.82) is 0 Å². The lowest BCUT2D eigenvalue weighted by molar-refractivity contribution is 0.0694. The molecule has 2 aromatic carbocycles. The number of aliphatic hydroxyl groups excluding tert-OH is 1. The standard InChI is InChI=1S/C37H48N4O4Si/c1-26(2)32-13-8-27(24-30(32)16-23-42)25-45-31-11-9-28(10-12-31)33-34(29-14-18-38-19-15-29)39-41-22-21-40(36(43)35(33)41)20-7-17-37(3,4)46(5,6)44/h8-15,18-19,24,26,42,44H,7,16-17,20-23,25H2,1-6H3. The molecule has 46 heavy (non-hydrogen) atoms. The predicted octanol–water partition coefficient (Wildman–Crippen LogP) is 7.06. The maximum Gasteiger partial charge on any atom is 0.272 e. The van der Waals surface area contributed by atoms with Gasteiger partial charge in [-0.3, -0.25) is 14.5 Å². The van der Waals surface area contributed by atoms with E-state index in [1.807, 2.05) is 59.1 Å². The van der Waals surface area contributed by atoms with Crippen molar-refractivity contribution in [3.05, 3.63) is 89.4 Å². The minimum atomic E-state index is -2.32. The summed E-state index contributed by atoms with van der Waals surface area (Å²) in [7, 11) is -2.32. The topological polar surface area (TPSA) is 101 Å². The Labute approximate surface area is 274 Å². The van der Waals surface area contributed by atoms with Crippen LogP contribution in [0.1, 0.15) is 73.6 Å². The van der Waals surface area contributed by atoms with Crippen LogP contribution in [0, 0.1) is 0 Å². The molecule has 2 N–H and O–H groups in total. The van der Waals surface area contributed by atoms with Gasteiger partial charge in [-0.1, -0.05) is 58.0 Å². The molecule has 0 saturated carbocycles. The first-order chi connectivity index (χ1) is 21.9. The van der Waals surface area contributed by atoms with Crippen molar-refractivity contribution in [3.8, 4) is 28.1 Å². The number of benzene rings is 2. The maximum atomic E-state index is 14.0. The van der Waals surface area contributed by atoms with Gasteiger partial charge in [0.15, 0.2) is 8.32 Å². The SMILES string of the molecule is CC(C)c1ccc(COc2ccc(-c3c(-c4ccncc4)nn4c3C(=O)N(CCCC(C)(C)[Si](C)(C)O)CC4)cc2)cc1CCO. The Morgan fingerprint density at radius 2 is 1.72 bits per heavy atom. The minimum Gasteiger partial charge on any atom is -0.489 e. The second kappa shape index (κ2) is 13.9. The third-order valence-electron chi connectivity index (χ3n) is 9.62. The molecule has 0 aliphatic carbocycles. The van der Waals surface area contributed by atoms with Crippen LogP contribution in [0.4, 0.5) is 0 Å². The molecular weight excluding hydrogens is 593 g/mol. The second-order valence-corrected chi connectivity index (χ2v) is 18.3. The van der Waals surface area contributed by atoms with Crippen LogP contribution in [-0.2, 0) is 19.6 Å². The number of aromatic nitrogens is 3. The summed E-state index contributed by atoms with van der Waals surface area (Å²) in [5, 5.41) is 14.4. The van der Waals surface area contributed by atoms with E-state index >= 15 is 0 Å². The number of nitrogens with zero attached hydrogens (tertiary/aromatic N) is 4. The van der Waals surface area contributed by atoms with Gasteiger partial charge in [-0.05, 0) is 89.8 Å². The van der Waals surface area contributed by atoms with Gasteiger partial charge in [-0.25, -0.2) is 0 Å². The largest absolute Gasteiger partial charge is 0.489 e. The molecule has 3 heterocycles. The molecule has 4 aromatic rings. The average molecular weight is 641 g/mol. The normalized spacial score (nSPS) is 13.8. The summed E-state index contributed by atoms with van der Waals surface area (Å²) in [5.41, 5.74) is 7.45. The lowest BCUT2D eigenvalue weighted by Gasteiger charge is -2.36. The summed E-state index contributed by atoms with van der Waals surface area (Å²) >= 11 is 0. The molecule has 8 nitrogen and oxygen atoms in total. The van der Waals surface area contributed by atoms with Gasteiger partial charge in [0.2, 0.25) is 0 Å². The van der Waals surface area contributed by atoms with Crippen LogP contribution < -0.4 is 4.74 Å². The smallest absolute Gasteiger partial charge is 0.272 e. The molecular formula is C37H48N4O4Si. The molecule has 1 aliphatic rings. The van der Waals surface area contributed by atoms with Crippen molar-refractivity contribution in [3.63, 3.8) is 0 Å². The van der Waals surface area contributed by atoms with Gasteiger partial charge in [-0.15, -0.1) is 0 Å². The first-order valence-corrected chi connectivity index (χ1v) is 19.3. The first-order valence-electron chi connectivity index (χ1n) is 16.4. The van der Waals surface area contributed by atoms with E-state index in [1.165, 1.54) is 5.56 Å². The third-order valence-corrected chi connectivity index (χ3v) is 13.2. The molecule has 1 aliphatic heterocycles. The van der Waals surface area contributed by atoms with Crippen molar-refractivity contribution in [1.82, 2.24) is 19.7 Å². The molecule has 0 unspecified atom stereocenters. The number of ether oxygens (including phenoxy) is 1. The van der Waals surface area contributed by atoms with Gasteiger partial charge in [-0.2, -0.15) is 5.10 Å². The summed E-state index contributed by atoms with van der Waals surface area (Å²) in [6.07, 6.45) is 5.82. The fraction of sp³-hybridized carbons (Fsp3) is 0.432. The molecule has 0 spiro atoms. The second-order valence-electron chi connectivity index (χ2n) is 13.8. The highest BCUT2D eigenvalue weighted by Crippen LogP contribution is 2.41. The van der Waals surface area contributed by atoms with Crippen LogP contribution in [0.5, 0.6) is 5.75 Å². The van der Waals surface area contributed by atoms with Gasteiger partial charge < -0.3 is 19.5 Å². The number of amides is 1. The average Bonchev–Trinajstić information content (AvgIpc) is 3.42. The van der Waals surface area contributed by atoms with Crippen molar-refractivity contribution >= 4 is 14.2 Å². The summed E-state index contributed by atoms with van der Waals surface area (Å²) in [4.78, 5) is 30.9. The Hall–Kier alpha value is -3.79. The van der Waals surface area contributed by atoms with E-state index in [9.17, 15) is 14.7 Å². The fourth-order valence-electron chi connectivity index (χ4n) is 6.06. The van der Waals surface area contributed by atoms with Crippen molar-refractivity contribution in [2.24, 2.45) is 0 Å². The van der Waals surface area contributed by atoms with Gasteiger partial charge in [0.1, 0.15) is 23.7 Å². The van der Waals surface area contributed by atoms with Gasteiger partial charge in [0, 0.05) is 43.2 Å².